The molecule has 4 aliphatic carbocycles. The number of halogens is 3. The average molecular weight is 557 g/mol. The second kappa shape index (κ2) is 8.54. The number of alkyl halides is 3. The number of fused-ring (bicyclic) bond motifs is 2. The van der Waals surface area contributed by atoms with E-state index in [2.05, 4.69) is 46.4 Å². The number of hydrogen-bond donors (Lipinski definition) is 0. The van der Waals surface area contributed by atoms with Crippen molar-refractivity contribution in [1.82, 2.24) is 9.97 Å². The van der Waals surface area contributed by atoms with E-state index in [1.165, 1.54) is 16.2 Å². The Hall–Kier alpha value is -3.47. The summed E-state index contributed by atoms with van der Waals surface area (Å²) in [7, 11) is 0. The second-order valence-electron chi connectivity index (χ2n) is 9.64. The summed E-state index contributed by atoms with van der Waals surface area (Å²) in [4.78, 5) is 8.81. The summed E-state index contributed by atoms with van der Waals surface area (Å²) >= 11 is -0.0291. The molecule has 4 aliphatic rings. The Morgan fingerprint density at radius 3 is 2.14 bits per heavy atom. The zero-order valence-electron chi connectivity index (χ0n) is 19.8. The third-order valence-electron chi connectivity index (χ3n) is 7.41. The van der Waals surface area contributed by atoms with Crippen molar-refractivity contribution in [3.8, 4) is 10.1 Å². The molecule has 0 amide bonds. The molecular weight excluding hydrogens is 536 g/mol. The van der Waals surface area contributed by atoms with Crippen molar-refractivity contribution in [3.63, 3.8) is 0 Å². The normalized spacial score (nSPS) is 13.9. The molecule has 2 heterocycles. The Morgan fingerprint density at radius 2 is 1.41 bits per heavy atom. The van der Waals surface area contributed by atoms with Gasteiger partial charge in [0.25, 0.3) is 0 Å². The predicted molar refractivity (Wildman–Crippen MR) is 143 cm³/mol. The molecule has 4 bridgehead atoms. The van der Waals surface area contributed by atoms with E-state index < -0.39 is 11.7 Å². The van der Waals surface area contributed by atoms with Crippen LogP contribution in [0.2, 0.25) is 0 Å². The van der Waals surface area contributed by atoms with Crippen LogP contribution in [-0.4, -0.2) is 24.5 Å². The van der Waals surface area contributed by atoms with Crippen molar-refractivity contribution in [2.24, 2.45) is 0 Å². The molecule has 37 heavy (non-hydrogen) atoms. The molecule has 6 heteroatoms. The summed E-state index contributed by atoms with van der Waals surface area (Å²) < 4.78 is 47.0. The van der Waals surface area contributed by atoms with Gasteiger partial charge in [-0.25, -0.2) is 0 Å². The van der Waals surface area contributed by atoms with Crippen LogP contribution in [0.5, 0.6) is 0 Å². The quantitative estimate of drug-likeness (QED) is 0.154. The van der Waals surface area contributed by atoms with E-state index in [0.717, 1.165) is 32.9 Å². The summed E-state index contributed by atoms with van der Waals surface area (Å²) in [6.07, 6.45) is -0.594. The molecule has 0 fully saturated rings. The Morgan fingerprint density at radius 1 is 0.703 bits per heavy atom. The fourth-order valence-electron chi connectivity index (χ4n) is 5.59. The number of aromatic nitrogens is 2. The molecule has 10 rings (SSSR count). The van der Waals surface area contributed by atoms with Gasteiger partial charge in [-0.2, -0.15) is 0 Å². The number of rotatable bonds is 1. The molecule has 2 nitrogen and oxygen atoms in total. The standard InChI is InChI=1S/C31H21F3N2Se/c32-31(33,34)28-27-21-12-10-19-7-5-18(6-8-19)9-11-20(13-14-21)23(27)16-24-29(35-17-36-30(24)28)26-15-22-3-1-2-4-25(22)37-26/h1-8,13-17H,9-12H2. The maximum absolute atomic E-state index is 14.9. The average Bonchev–Trinajstić information content (AvgIpc) is 3.32. The van der Waals surface area contributed by atoms with Crippen molar-refractivity contribution >= 4 is 45.8 Å². The number of aryl methyl sites for hydroxylation is 4. The molecule has 0 unspecified atom stereocenters. The van der Waals surface area contributed by atoms with E-state index >= 15 is 0 Å². The van der Waals surface area contributed by atoms with Crippen LogP contribution in [0.15, 0.2) is 79.1 Å². The van der Waals surface area contributed by atoms with Gasteiger partial charge in [-0.3, -0.25) is 0 Å². The van der Waals surface area contributed by atoms with Crippen LogP contribution in [0, 0.1) is 0 Å². The first-order chi connectivity index (χ1) is 18.0. The summed E-state index contributed by atoms with van der Waals surface area (Å²) in [5.74, 6) is 0. The summed E-state index contributed by atoms with van der Waals surface area (Å²) in [6, 6.07) is 24.5. The Bertz CT molecular complexity index is 1780. The van der Waals surface area contributed by atoms with E-state index in [1.54, 1.807) is 0 Å². The topological polar surface area (TPSA) is 25.8 Å². The Kier molecular flexibility index (Phi) is 5.24. The van der Waals surface area contributed by atoms with Crippen molar-refractivity contribution in [2.75, 3.05) is 0 Å². The van der Waals surface area contributed by atoms with Crippen molar-refractivity contribution in [3.05, 3.63) is 107 Å². The van der Waals surface area contributed by atoms with Gasteiger partial charge in [0.1, 0.15) is 0 Å². The summed E-state index contributed by atoms with van der Waals surface area (Å²) in [5.41, 5.74) is 3.95. The molecule has 6 aromatic rings. The van der Waals surface area contributed by atoms with E-state index in [9.17, 15) is 13.2 Å². The van der Waals surface area contributed by atoms with Crippen LogP contribution >= 0.6 is 0 Å². The van der Waals surface area contributed by atoms with Crippen LogP contribution in [0.25, 0.3) is 41.5 Å². The van der Waals surface area contributed by atoms with Crippen LogP contribution in [0.4, 0.5) is 13.2 Å². The zero-order chi connectivity index (χ0) is 25.1. The first-order valence-corrected chi connectivity index (χ1v) is 14.0. The minimum atomic E-state index is -4.55. The molecule has 0 radical (unpaired) electrons. The molecule has 2 aromatic heterocycles. The Labute approximate surface area is 217 Å². The third-order valence-corrected chi connectivity index (χ3v) is 9.77. The van der Waals surface area contributed by atoms with Gasteiger partial charge in [-0.15, -0.1) is 0 Å². The van der Waals surface area contributed by atoms with Crippen molar-refractivity contribution in [2.45, 2.75) is 31.9 Å². The first kappa shape index (κ1) is 22.7. The van der Waals surface area contributed by atoms with Crippen molar-refractivity contribution < 1.29 is 13.2 Å². The molecule has 0 N–H and O–H groups in total. The van der Waals surface area contributed by atoms with Crippen LogP contribution < -0.4 is 0 Å². The van der Waals surface area contributed by atoms with E-state index in [-0.39, 0.29) is 20.0 Å². The van der Waals surface area contributed by atoms with Gasteiger partial charge in [0.15, 0.2) is 0 Å². The van der Waals surface area contributed by atoms with Crippen LogP contribution in [0.3, 0.4) is 0 Å². The van der Waals surface area contributed by atoms with Crippen LogP contribution in [-0.2, 0) is 31.9 Å². The molecule has 182 valence electrons. The van der Waals surface area contributed by atoms with Gasteiger partial charge in [0.05, 0.1) is 0 Å². The molecule has 0 atom stereocenters. The summed E-state index contributed by atoms with van der Waals surface area (Å²) in [5, 5.41) is 2.57. The molecule has 0 saturated carbocycles. The molecule has 0 spiro atoms. The number of benzene rings is 4. The van der Waals surface area contributed by atoms with E-state index in [4.69, 9.17) is 0 Å². The van der Waals surface area contributed by atoms with Crippen LogP contribution in [0.1, 0.15) is 27.8 Å². The van der Waals surface area contributed by atoms with E-state index in [1.807, 2.05) is 36.4 Å². The molecule has 4 aromatic carbocycles. The minimum absolute atomic E-state index is 0.00788. The first-order valence-electron chi connectivity index (χ1n) is 12.3. The number of nitrogens with zero attached hydrogens (tertiary/aromatic N) is 2. The fourth-order valence-corrected chi connectivity index (χ4v) is 7.84. The van der Waals surface area contributed by atoms with E-state index in [0.29, 0.717) is 41.1 Å². The SMILES string of the molecule is FC(F)(F)c1c2ncnc(-c3cc4ccccc4[se]3)c2cc2c3ccc(c12)CCc1ccc(cc1)CC3. The van der Waals surface area contributed by atoms with Gasteiger partial charge in [-0.05, 0) is 0 Å². The molecule has 0 saturated heterocycles. The monoisotopic (exact) mass is 558 g/mol. The predicted octanol–water partition coefficient (Wildman–Crippen LogP) is 7.56. The zero-order valence-corrected chi connectivity index (χ0v) is 21.5. The maximum atomic E-state index is 14.9. The Balaban J connectivity index is 1.56. The fraction of sp³-hybridized carbons (Fsp3) is 0.161. The van der Waals surface area contributed by atoms with Crippen molar-refractivity contribution in [1.29, 1.82) is 0 Å². The molecular formula is C31H21F3N2Se. The molecule has 0 aliphatic heterocycles. The van der Waals surface area contributed by atoms with Gasteiger partial charge in [-0.1, -0.05) is 0 Å². The second-order valence-corrected chi connectivity index (χ2v) is 11.9. The number of hydrogen-bond acceptors (Lipinski definition) is 2. The van der Waals surface area contributed by atoms with Gasteiger partial charge in [0.2, 0.25) is 0 Å². The third kappa shape index (κ3) is 3.87. The van der Waals surface area contributed by atoms with Gasteiger partial charge < -0.3 is 0 Å². The van der Waals surface area contributed by atoms with Gasteiger partial charge in [0, 0.05) is 0 Å². The van der Waals surface area contributed by atoms with Gasteiger partial charge >= 0.3 is 218 Å². The summed E-state index contributed by atoms with van der Waals surface area (Å²) in [6.45, 7) is 0.